The maximum atomic E-state index is 11.1. The first-order valence-electron chi connectivity index (χ1n) is 2.92. The standard InChI is InChI=1S/C4H10NO6P/c1-10-12(9,11-3-6)5-2-4(7)8/h6H,2-3H2,1H3,(H,5,9)(H,7,8). The summed E-state index contributed by atoms with van der Waals surface area (Å²) in [4.78, 5) is 10.0. The van der Waals surface area contributed by atoms with E-state index in [1.165, 1.54) is 0 Å². The number of hydrogen-bond donors (Lipinski definition) is 3. The lowest BCUT2D eigenvalue weighted by Crippen LogP contribution is -2.21. The summed E-state index contributed by atoms with van der Waals surface area (Å²) in [6.45, 7) is -1.37. The van der Waals surface area contributed by atoms with Crippen LogP contribution in [0, 0.1) is 0 Å². The van der Waals surface area contributed by atoms with Gasteiger partial charge in [0.25, 0.3) is 0 Å². The van der Waals surface area contributed by atoms with Crippen molar-refractivity contribution in [1.29, 1.82) is 0 Å². The fourth-order valence-electron chi connectivity index (χ4n) is 0.403. The Morgan fingerprint density at radius 1 is 1.67 bits per heavy atom. The molecule has 0 aromatic rings. The molecular weight excluding hydrogens is 189 g/mol. The van der Waals surface area contributed by atoms with Crippen molar-refractivity contribution < 1.29 is 28.6 Å². The van der Waals surface area contributed by atoms with Gasteiger partial charge in [0.15, 0.2) is 6.79 Å². The predicted molar refractivity (Wildman–Crippen MR) is 38.4 cm³/mol. The molecule has 0 aliphatic heterocycles. The van der Waals surface area contributed by atoms with Crippen molar-refractivity contribution in [3.05, 3.63) is 0 Å². The van der Waals surface area contributed by atoms with Crippen molar-refractivity contribution in [2.45, 2.75) is 0 Å². The van der Waals surface area contributed by atoms with Gasteiger partial charge in [-0.25, -0.2) is 9.65 Å². The van der Waals surface area contributed by atoms with Crippen LogP contribution in [0.5, 0.6) is 0 Å². The highest BCUT2D eigenvalue weighted by molar-refractivity contribution is 7.51. The second kappa shape index (κ2) is 5.23. The molecule has 7 nitrogen and oxygen atoms in total. The summed E-state index contributed by atoms with van der Waals surface area (Å²) in [5.41, 5.74) is 0. The molecule has 72 valence electrons. The number of carboxylic acids is 1. The van der Waals surface area contributed by atoms with Gasteiger partial charge >= 0.3 is 13.7 Å². The molecule has 0 bridgehead atoms. The molecule has 0 spiro atoms. The second-order valence-corrected chi connectivity index (χ2v) is 3.60. The molecule has 0 amide bonds. The van der Waals surface area contributed by atoms with Crippen LogP contribution >= 0.6 is 7.75 Å². The Balaban J connectivity index is 3.96. The maximum absolute atomic E-state index is 11.1. The lowest BCUT2D eigenvalue weighted by molar-refractivity contribution is -0.135. The summed E-state index contributed by atoms with van der Waals surface area (Å²) in [5, 5.41) is 18.4. The fraction of sp³-hybridized carbons (Fsp3) is 0.750. The van der Waals surface area contributed by atoms with Gasteiger partial charge in [-0.1, -0.05) is 0 Å². The zero-order valence-corrected chi connectivity index (χ0v) is 7.28. The maximum Gasteiger partial charge on any atom is 0.407 e. The molecule has 1 atom stereocenters. The lowest BCUT2D eigenvalue weighted by Gasteiger charge is -2.13. The average Bonchev–Trinajstić information content (AvgIpc) is 2.02. The minimum absolute atomic E-state index is 0.564. The molecule has 0 aromatic heterocycles. The van der Waals surface area contributed by atoms with E-state index < -0.39 is 27.1 Å². The SMILES string of the molecule is COP(=O)(NCC(=O)O)OCO. The minimum Gasteiger partial charge on any atom is -0.480 e. The van der Waals surface area contributed by atoms with E-state index in [-0.39, 0.29) is 0 Å². The van der Waals surface area contributed by atoms with Gasteiger partial charge < -0.3 is 14.7 Å². The molecule has 0 saturated heterocycles. The van der Waals surface area contributed by atoms with E-state index in [0.717, 1.165) is 7.11 Å². The van der Waals surface area contributed by atoms with Gasteiger partial charge in [-0.2, -0.15) is 0 Å². The number of rotatable bonds is 6. The topological polar surface area (TPSA) is 105 Å². The number of aliphatic hydroxyl groups excluding tert-OH is 1. The Labute approximate surface area is 68.9 Å². The van der Waals surface area contributed by atoms with E-state index in [9.17, 15) is 9.36 Å². The molecule has 0 fully saturated rings. The van der Waals surface area contributed by atoms with Crippen molar-refractivity contribution in [1.82, 2.24) is 5.09 Å². The molecular formula is C4H10NO6P. The first-order chi connectivity index (χ1) is 5.54. The molecule has 0 aliphatic carbocycles. The van der Waals surface area contributed by atoms with E-state index in [2.05, 4.69) is 9.05 Å². The van der Waals surface area contributed by atoms with Crippen LogP contribution in [0.2, 0.25) is 0 Å². The van der Waals surface area contributed by atoms with Crippen LogP contribution < -0.4 is 5.09 Å². The summed E-state index contributed by atoms with van der Waals surface area (Å²) >= 11 is 0. The average molecular weight is 199 g/mol. The molecule has 8 heteroatoms. The third-order valence-corrected chi connectivity index (χ3v) is 2.37. The van der Waals surface area contributed by atoms with Crippen molar-refractivity contribution in [3.63, 3.8) is 0 Å². The van der Waals surface area contributed by atoms with Crippen molar-refractivity contribution in [2.24, 2.45) is 0 Å². The molecule has 0 aromatic carbocycles. The summed E-state index contributed by atoms with van der Waals surface area (Å²) in [7, 11) is -2.56. The summed E-state index contributed by atoms with van der Waals surface area (Å²) < 4.78 is 19.7. The number of carboxylic acid groups (broad SMARTS) is 1. The molecule has 0 aliphatic rings. The third-order valence-electron chi connectivity index (χ3n) is 0.892. The van der Waals surface area contributed by atoms with Crippen molar-refractivity contribution >= 4 is 13.7 Å². The quantitative estimate of drug-likeness (QED) is 0.386. The number of nitrogens with one attached hydrogen (secondary N) is 1. The van der Waals surface area contributed by atoms with Crippen LogP contribution in [0.15, 0.2) is 0 Å². The van der Waals surface area contributed by atoms with E-state index in [4.69, 9.17) is 10.2 Å². The molecule has 0 rings (SSSR count). The van der Waals surface area contributed by atoms with Gasteiger partial charge in [0.05, 0.1) is 0 Å². The third kappa shape index (κ3) is 4.42. The Morgan fingerprint density at radius 3 is 2.58 bits per heavy atom. The first kappa shape index (κ1) is 11.5. The number of hydrogen-bond acceptors (Lipinski definition) is 5. The largest absolute Gasteiger partial charge is 0.480 e. The van der Waals surface area contributed by atoms with Crippen LogP contribution in [-0.4, -0.2) is 36.6 Å². The molecule has 12 heavy (non-hydrogen) atoms. The van der Waals surface area contributed by atoms with Crippen molar-refractivity contribution in [2.75, 3.05) is 20.4 Å². The van der Waals surface area contributed by atoms with Gasteiger partial charge in [-0.15, -0.1) is 0 Å². The van der Waals surface area contributed by atoms with Gasteiger partial charge in [-0.05, 0) is 0 Å². The zero-order chi connectivity index (χ0) is 9.61. The van der Waals surface area contributed by atoms with Gasteiger partial charge in [0.2, 0.25) is 0 Å². The Bertz CT molecular complexity index is 194. The monoisotopic (exact) mass is 199 g/mol. The molecule has 0 heterocycles. The Kier molecular flexibility index (Phi) is 5.03. The smallest absolute Gasteiger partial charge is 0.407 e. The Hall–Kier alpha value is -0.460. The molecule has 3 N–H and O–H groups in total. The van der Waals surface area contributed by atoms with Gasteiger partial charge in [0.1, 0.15) is 6.54 Å². The zero-order valence-electron chi connectivity index (χ0n) is 6.39. The van der Waals surface area contributed by atoms with E-state index in [0.29, 0.717) is 0 Å². The van der Waals surface area contributed by atoms with Gasteiger partial charge in [0, 0.05) is 7.11 Å². The molecule has 0 radical (unpaired) electrons. The highest BCUT2D eigenvalue weighted by Gasteiger charge is 2.22. The summed E-state index contributed by atoms with van der Waals surface area (Å²) in [6, 6.07) is 0. The van der Waals surface area contributed by atoms with Gasteiger partial charge in [-0.3, -0.25) is 9.32 Å². The van der Waals surface area contributed by atoms with Crippen LogP contribution in [0.4, 0.5) is 0 Å². The summed E-state index contributed by atoms with van der Waals surface area (Å²) in [5.74, 6) is -1.20. The van der Waals surface area contributed by atoms with E-state index in [1.54, 1.807) is 0 Å². The minimum atomic E-state index is -3.63. The number of aliphatic carboxylic acids is 1. The second-order valence-electron chi connectivity index (χ2n) is 1.67. The van der Waals surface area contributed by atoms with E-state index >= 15 is 0 Å². The highest BCUT2D eigenvalue weighted by atomic mass is 31.2. The van der Waals surface area contributed by atoms with Crippen LogP contribution in [0.25, 0.3) is 0 Å². The highest BCUT2D eigenvalue weighted by Crippen LogP contribution is 2.41. The molecule has 0 saturated carbocycles. The number of carbonyl (C=O) groups is 1. The van der Waals surface area contributed by atoms with Crippen LogP contribution in [-0.2, 0) is 18.4 Å². The molecule has 1 unspecified atom stereocenters. The van der Waals surface area contributed by atoms with Crippen molar-refractivity contribution in [3.8, 4) is 0 Å². The first-order valence-corrected chi connectivity index (χ1v) is 4.46. The summed E-state index contributed by atoms with van der Waals surface area (Å²) in [6.07, 6.45) is 0. The van der Waals surface area contributed by atoms with Crippen LogP contribution in [0.1, 0.15) is 0 Å². The predicted octanol–water partition coefficient (Wildman–Crippen LogP) is -0.619. The lowest BCUT2D eigenvalue weighted by atomic mass is 10.7. The number of aliphatic hydroxyl groups is 1. The normalized spacial score (nSPS) is 15.5. The fourth-order valence-corrected chi connectivity index (χ4v) is 1.21. The Morgan fingerprint density at radius 2 is 2.25 bits per heavy atom. The van der Waals surface area contributed by atoms with E-state index in [1.807, 2.05) is 5.09 Å². The van der Waals surface area contributed by atoms with Crippen LogP contribution in [0.3, 0.4) is 0 Å².